The number of fused-ring (bicyclic) bond motifs is 3. The molecule has 5 heterocycles. The Balaban J connectivity index is 1.15. The highest BCUT2D eigenvalue weighted by Crippen LogP contribution is 2.74. The van der Waals surface area contributed by atoms with E-state index >= 15 is 9.59 Å². The number of nitrogens with zero attached hydrogens (tertiary/aromatic N) is 4. The SMILES string of the molecule is COc1ccc2c(O[C@@H]3C[C@H]4C(=O)C[C@]5(P(=O)(O)Cc6ccccc6)C[C@@H]5/C=C\CCCCCC(Cc5nc(C(C)(C)C)cs5)C(=O)N4C3)cc(-c3csc(NC(C)C)n3)nc2c1. The zero-order valence-electron chi connectivity index (χ0n) is 37.2. The van der Waals surface area contributed by atoms with Gasteiger partial charge in [-0.3, -0.25) is 14.2 Å². The average molecular weight is 910 g/mol. The number of carbonyl (C=O) groups is 2. The highest BCUT2D eigenvalue weighted by atomic mass is 32.1. The fourth-order valence-electron chi connectivity index (χ4n) is 9.15. The molecule has 1 aliphatic carbocycles. The number of thiazole rings is 2. The number of carbonyl (C=O) groups excluding carboxylic acids is 2. The third kappa shape index (κ3) is 10.1. The zero-order chi connectivity index (χ0) is 44.5. The van der Waals surface area contributed by atoms with Crippen LogP contribution in [0.2, 0.25) is 0 Å². The van der Waals surface area contributed by atoms with Crippen LogP contribution < -0.4 is 14.8 Å². The van der Waals surface area contributed by atoms with Gasteiger partial charge in [-0.25, -0.2) is 15.0 Å². The first kappa shape index (κ1) is 45.2. The van der Waals surface area contributed by atoms with Crippen molar-refractivity contribution in [3.8, 4) is 22.9 Å². The molecular weight excluding hydrogens is 850 g/mol. The fraction of sp³-hybridized carbons (Fsp3) is 0.490. The Hall–Kier alpha value is -4.42. The van der Waals surface area contributed by atoms with Gasteiger partial charge in [-0.1, -0.05) is 76.1 Å². The molecule has 3 aliphatic rings. The quantitative estimate of drug-likeness (QED) is 0.0971. The molecule has 3 aromatic heterocycles. The minimum absolute atomic E-state index is 0.00675. The van der Waals surface area contributed by atoms with E-state index in [1.54, 1.807) is 23.3 Å². The van der Waals surface area contributed by atoms with Gasteiger partial charge in [-0.15, -0.1) is 22.7 Å². The van der Waals surface area contributed by atoms with E-state index in [-0.39, 0.29) is 60.5 Å². The van der Waals surface area contributed by atoms with Crippen molar-refractivity contribution in [2.75, 3.05) is 19.0 Å². The summed E-state index contributed by atoms with van der Waals surface area (Å²) in [4.78, 5) is 58.8. The molecule has 2 aromatic carbocycles. The molecule has 2 N–H and O–H groups in total. The first-order valence-corrected chi connectivity index (χ1v) is 25.9. The number of hydrogen-bond acceptors (Lipinski definition) is 11. The molecule has 334 valence electrons. The number of aromatic nitrogens is 3. The number of benzene rings is 2. The number of rotatable bonds is 11. The van der Waals surface area contributed by atoms with Gasteiger partial charge in [0, 0.05) is 64.9 Å². The van der Waals surface area contributed by atoms with Crippen LogP contribution in [0.4, 0.5) is 5.13 Å². The summed E-state index contributed by atoms with van der Waals surface area (Å²) in [6.45, 7) is 10.8. The topological polar surface area (TPSA) is 144 Å². The molecular formula is C49H60N5O6PS2. The van der Waals surface area contributed by atoms with Crippen LogP contribution in [0, 0.1) is 11.8 Å². The maximum absolute atomic E-state index is 15.2. The van der Waals surface area contributed by atoms with E-state index in [1.165, 1.54) is 11.3 Å². The van der Waals surface area contributed by atoms with Crippen LogP contribution in [-0.4, -0.2) is 73.4 Å². The number of ketones is 1. The Morgan fingerprint density at radius 2 is 1.81 bits per heavy atom. The van der Waals surface area contributed by atoms with Gasteiger partial charge in [0.1, 0.15) is 23.3 Å². The van der Waals surface area contributed by atoms with Crippen molar-refractivity contribution in [2.24, 2.45) is 11.8 Å². The third-order valence-corrected chi connectivity index (χ3v) is 17.3. The molecule has 11 nitrogen and oxygen atoms in total. The zero-order valence-corrected chi connectivity index (χ0v) is 39.7. The van der Waals surface area contributed by atoms with Crippen molar-refractivity contribution in [1.29, 1.82) is 0 Å². The van der Waals surface area contributed by atoms with E-state index in [0.29, 0.717) is 47.7 Å². The van der Waals surface area contributed by atoms with Gasteiger partial charge in [0.25, 0.3) is 0 Å². The van der Waals surface area contributed by atoms with Gasteiger partial charge in [-0.2, -0.15) is 0 Å². The van der Waals surface area contributed by atoms with Crippen LogP contribution in [0.3, 0.4) is 0 Å². The van der Waals surface area contributed by atoms with Crippen LogP contribution in [0.1, 0.15) is 102 Å². The smallest absolute Gasteiger partial charge is 0.226 e. The number of Topliss-reactive ketones (excluding diaryl/α,β-unsaturated/α-hetero) is 1. The predicted molar refractivity (Wildman–Crippen MR) is 253 cm³/mol. The molecule has 5 aromatic rings. The molecule has 14 heteroatoms. The number of hydrogen-bond donors (Lipinski definition) is 2. The summed E-state index contributed by atoms with van der Waals surface area (Å²) in [5.74, 6) is 0.357. The first-order chi connectivity index (χ1) is 30.1. The highest BCUT2D eigenvalue weighted by Gasteiger charge is 2.65. The molecule has 0 spiro atoms. The van der Waals surface area contributed by atoms with E-state index < -0.39 is 24.7 Å². The largest absolute Gasteiger partial charge is 0.497 e. The van der Waals surface area contributed by atoms with E-state index in [4.69, 9.17) is 24.4 Å². The lowest BCUT2D eigenvalue weighted by atomic mass is 9.93. The Labute approximate surface area is 379 Å². The molecule has 0 radical (unpaired) electrons. The van der Waals surface area contributed by atoms with Crippen LogP contribution >= 0.6 is 30.0 Å². The minimum Gasteiger partial charge on any atom is -0.497 e. The van der Waals surface area contributed by atoms with Gasteiger partial charge in [-0.05, 0) is 63.1 Å². The second-order valence-electron chi connectivity index (χ2n) is 19.0. The van der Waals surface area contributed by atoms with Crippen LogP contribution in [0.25, 0.3) is 22.3 Å². The van der Waals surface area contributed by atoms with E-state index in [0.717, 1.165) is 52.5 Å². The van der Waals surface area contributed by atoms with E-state index in [2.05, 4.69) is 57.5 Å². The summed E-state index contributed by atoms with van der Waals surface area (Å²) < 4.78 is 27.2. The molecule has 0 bridgehead atoms. The molecule has 1 saturated heterocycles. The molecule has 2 fully saturated rings. The molecule has 6 atom stereocenters. The lowest BCUT2D eigenvalue weighted by molar-refractivity contribution is -0.141. The van der Waals surface area contributed by atoms with Gasteiger partial charge in [0.15, 0.2) is 10.9 Å². The van der Waals surface area contributed by atoms with Gasteiger partial charge in [0.05, 0.1) is 52.9 Å². The van der Waals surface area contributed by atoms with Crippen molar-refractivity contribution in [3.63, 3.8) is 0 Å². The molecule has 2 unspecified atom stereocenters. The fourth-order valence-corrected chi connectivity index (χ4v) is 13.6. The number of anilines is 1. The highest BCUT2D eigenvalue weighted by molar-refractivity contribution is 7.59. The van der Waals surface area contributed by atoms with Crippen LogP contribution in [0.5, 0.6) is 11.5 Å². The second-order valence-corrected chi connectivity index (χ2v) is 23.4. The number of pyridine rings is 1. The molecule has 63 heavy (non-hydrogen) atoms. The molecule has 1 amide bonds. The monoisotopic (exact) mass is 909 g/mol. The summed E-state index contributed by atoms with van der Waals surface area (Å²) in [6.07, 6.45) is 9.06. The minimum atomic E-state index is -3.91. The van der Waals surface area contributed by atoms with Gasteiger partial charge < -0.3 is 24.6 Å². The van der Waals surface area contributed by atoms with Crippen molar-refractivity contribution in [1.82, 2.24) is 19.9 Å². The van der Waals surface area contributed by atoms with Crippen molar-refractivity contribution < 1.29 is 28.5 Å². The summed E-state index contributed by atoms with van der Waals surface area (Å²) >= 11 is 3.09. The number of nitrogens with one attached hydrogen (secondary N) is 1. The Morgan fingerprint density at radius 3 is 2.56 bits per heavy atom. The van der Waals surface area contributed by atoms with Gasteiger partial charge >= 0.3 is 0 Å². The van der Waals surface area contributed by atoms with Crippen molar-refractivity contribution >= 4 is 57.8 Å². The molecule has 8 rings (SSSR count). The summed E-state index contributed by atoms with van der Waals surface area (Å²) in [6, 6.07) is 16.3. The number of methoxy groups -OCH3 is 1. The van der Waals surface area contributed by atoms with E-state index in [1.807, 2.05) is 60.0 Å². The Bertz CT molecular complexity index is 2520. The van der Waals surface area contributed by atoms with Crippen molar-refractivity contribution in [3.05, 3.63) is 93.8 Å². The Morgan fingerprint density at radius 1 is 1.00 bits per heavy atom. The van der Waals surface area contributed by atoms with Crippen LogP contribution in [-0.2, 0) is 32.2 Å². The normalized spacial score (nSPS) is 24.9. The van der Waals surface area contributed by atoms with Gasteiger partial charge in [0.2, 0.25) is 13.3 Å². The summed E-state index contributed by atoms with van der Waals surface area (Å²) in [7, 11) is -2.29. The third-order valence-electron chi connectivity index (χ3n) is 12.8. The number of amides is 1. The van der Waals surface area contributed by atoms with E-state index in [9.17, 15) is 9.46 Å². The Kier molecular flexibility index (Phi) is 13.3. The molecule has 2 aliphatic heterocycles. The average Bonchev–Trinajstić information content (AvgIpc) is 3.63. The number of allylic oxidation sites excluding steroid dienone is 2. The lowest BCUT2D eigenvalue weighted by Gasteiger charge is -2.30. The summed E-state index contributed by atoms with van der Waals surface area (Å²) in [5, 5.41) is 8.80. The standard InChI is InChI=1S/C49H60N5O6PS2/c1-31(2)50-47-52-40(29-63-47)39-24-43(37-20-19-35(59-6)22-38(37)51-39)60-36-23-41-42(55)26-49(61(57,58)28-32-15-11-10-12-16-32)25-34(49)18-14-9-7-8-13-17-33(46(56)54(41)27-36)21-45-53-44(30-62-45)48(3,4)5/h10-12,14-16,18-20,22,24,29-31,33-34,36,41H,7-9,13,17,21,23,25-28H2,1-6H3,(H,50,52)(H,57,58)/b18-14-/t33?,34-,36+,41-,49+/m0/s1. The lowest BCUT2D eigenvalue weighted by Crippen LogP contribution is -2.45. The van der Waals surface area contributed by atoms with Crippen molar-refractivity contribution in [2.45, 2.75) is 127 Å². The predicted octanol–water partition coefficient (Wildman–Crippen LogP) is 10.9. The second kappa shape index (κ2) is 18.6. The van der Waals surface area contributed by atoms with Crippen LogP contribution in [0.15, 0.2) is 77.5 Å². The maximum atomic E-state index is 15.2. The maximum Gasteiger partial charge on any atom is 0.226 e. The first-order valence-electron chi connectivity index (χ1n) is 22.3. The number of ether oxygens (including phenoxy) is 2. The molecule has 1 saturated carbocycles. The summed E-state index contributed by atoms with van der Waals surface area (Å²) in [5.41, 5.74) is 3.64.